The normalized spacial score (nSPS) is 20.5. The first kappa shape index (κ1) is 23.5. The number of ether oxygens (including phenoxy) is 1. The van der Waals surface area contributed by atoms with E-state index < -0.39 is 35.0 Å². The van der Waals surface area contributed by atoms with Gasteiger partial charge in [-0.3, -0.25) is 0 Å². The van der Waals surface area contributed by atoms with Crippen LogP contribution in [0.3, 0.4) is 0 Å². The maximum absolute atomic E-state index is 15.0. The maximum Gasteiger partial charge on any atom is 0.410 e. The molecule has 0 fully saturated rings. The molecule has 1 amide bonds. The summed E-state index contributed by atoms with van der Waals surface area (Å²) in [5.74, 6) is -3.82. The van der Waals surface area contributed by atoms with Crippen molar-refractivity contribution in [1.82, 2.24) is 4.90 Å². The molecule has 0 spiro atoms. The summed E-state index contributed by atoms with van der Waals surface area (Å²) in [6, 6.07) is 17.6. The van der Waals surface area contributed by atoms with E-state index in [0.717, 1.165) is 17.7 Å². The summed E-state index contributed by atoms with van der Waals surface area (Å²) in [5, 5.41) is 29.9. The third-order valence-corrected chi connectivity index (χ3v) is 6.43. The lowest BCUT2D eigenvalue weighted by Crippen LogP contribution is -2.49. The lowest BCUT2D eigenvalue weighted by atomic mass is 9.58. The fourth-order valence-electron chi connectivity index (χ4n) is 4.74. The third kappa shape index (κ3) is 3.96. The molecular weight excluding hydrogens is 452 g/mol. The minimum absolute atomic E-state index is 0.0318. The molecule has 35 heavy (non-hydrogen) atoms. The number of carbonyl (C=O) groups is 1. The summed E-state index contributed by atoms with van der Waals surface area (Å²) in [7, 11) is 0. The second kappa shape index (κ2) is 9.29. The first-order valence-electron chi connectivity index (χ1n) is 10.7. The molecule has 9 heteroatoms. The van der Waals surface area contributed by atoms with Gasteiger partial charge in [0, 0.05) is 31.0 Å². The van der Waals surface area contributed by atoms with E-state index in [1.54, 1.807) is 18.2 Å². The van der Waals surface area contributed by atoms with Gasteiger partial charge in [0.1, 0.15) is 24.3 Å². The number of halogens is 2. The predicted molar refractivity (Wildman–Crippen MR) is 119 cm³/mol. The highest BCUT2D eigenvalue weighted by molar-refractivity contribution is 5.69. The minimum atomic E-state index is -2.11. The van der Waals surface area contributed by atoms with Crippen LogP contribution in [0.5, 0.6) is 0 Å². The van der Waals surface area contributed by atoms with Crippen molar-refractivity contribution >= 4 is 6.09 Å². The first-order chi connectivity index (χ1) is 16.9. The Morgan fingerprint density at radius 2 is 1.86 bits per heavy atom. The second-order valence-corrected chi connectivity index (χ2v) is 8.29. The number of hydrogen-bond donors (Lipinski definition) is 1. The van der Waals surface area contributed by atoms with Crippen LogP contribution in [0.15, 0.2) is 71.5 Å². The summed E-state index contributed by atoms with van der Waals surface area (Å²) < 4.78 is 34.0. The Labute approximate surface area is 200 Å². The van der Waals surface area contributed by atoms with E-state index >= 15 is 0 Å². The van der Waals surface area contributed by atoms with Crippen LogP contribution in [-0.2, 0) is 11.3 Å². The monoisotopic (exact) mass is 471 g/mol. The molecule has 1 aliphatic heterocycles. The van der Waals surface area contributed by atoms with Crippen molar-refractivity contribution in [2.24, 2.45) is 17.1 Å². The van der Waals surface area contributed by atoms with Gasteiger partial charge in [-0.15, -0.1) is 0 Å². The molecule has 0 radical (unpaired) electrons. The fourth-order valence-corrected chi connectivity index (χ4v) is 4.74. The fraction of sp³-hybridized carbons (Fsp3) is 0.231. The SMILES string of the molecule is N#CC1=C(N)C(C#N)(C#N)[C@@H](c2ccc(F)cc2F)[C@@H]2CN(C(=O)OCc3ccccc3)CC=C12. The molecule has 0 aromatic heterocycles. The number of nitrogens with zero attached hydrogens (tertiary/aromatic N) is 4. The summed E-state index contributed by atoms with van der Waals surface area (Å²) in [5.41, 5.74) is 4.82. The molecule has 1 heterocycles. The first-order valence-corrected chi connectivity index (χ1v) is 10.7. The molecule has 2 N–H and O–H groups in total. The van der Waals surface area contributed by atoms with Crippen LogP contribution in [0.25, 0.3) is 0 Å². The molecule has 0 saturated carbocycles. The summed E-state index contributed by atoms with van der Waals surface area (Å²) in [4.78, 5) is 14.2. The molecule has 0 saturated heterocycles. The lowest BCUT2D eigenvalue weighted by molar-refractivity contribution is 0.0897. The van der Waals surface area contributed by atoms with Gasteiger partial charge in [0.2, 0.25) is 0 Å². The van der Waals surface area contributed by atoms with Crippen molar-refractivity contribution in [2.75, 3.05) is 13.1 Å². The van der Waals surface area contributed by atoms with E-state index in [0.29, 0.717) is 11.6 Å². The highest BCUT2D eigenvalue weighted by Gasteiger charge is 2.55. The van der Waals surface area contributed by atoms with E-state index in [9.17, 15) is 29.4 Å². The van der Waals surface area contributed by atoms with E-state index in [-0.39, 0.29) is 36.5 Å². The average molecular weight is 471 g/mol. The molecule has 2 aromatic carbocycles. The van der Waals surface area contributed by atoms with Crippen molar-refractivity contribution in [2.45, 2.75) is 12.5 Å². The van der Waals surface area contributed by atoms with Crippen LogP contribution in [0.4, 0.5) is 13.6 Å². The van der Waals surface area contributed by atoms with Gasteiger partial charge < -0.3 is 15.4 Å². The molecule has 7 nitrogen and oxygen atoms in total. The lowest BCUT2D eigenvalue weighted by Gasteiger charge is -2.45. The molecule has 0 unspecified atom stereocenters. The molecule has 2 aromatic rings. The zero-order valence-corrected chi connectivity index (χ0v) is 18.4. The number of rotatable bonds is 3. The summed E-state index contributed by atoms with van der Waals surface area (Å²) >= 11 is 0. The average Bonchev–Trinajstić information content (AvgIpc) is 2.87. The van der Waals surface area contributed by atoms with Crippen LogP contribution < -0.4 is 5.73 Å². The standard InChI is InChI=1S/C26H19F2N5O2/c27-17-6-7-19(22(28)10-17)23-21-12-33(25(34)35-13-16-4-2-1-3-5-16)9-8-18(21)20(11-29)24(32)26(23,14-30)15-31/h1-8,10,21,23H,9,12-13,32H2/t21-,23+/m1/s1. The third-order valence-electron chi connectivity index (χ3n) is 6.43. The molecule has 2 aliphatic rings. The molecule has 0 bridgehead atoms. The number of fused-ring (bicyclic) bond motifs is 1. The van der Waals surface area contributed by atoms with Gasteiger partial charge in [0.05, 0.1) is 23.4 Å². The Balaban J connectivity index is 1.76. The van der Waals surface area contributed by atoms with Gasteiger partial charge >= 0.3 is 6.09 Å². The largest absolute Gasteiger partial charge is 0.445 e. The van der Waals surface area contributed by atoms with Gasteiger partial charge in [-0.25, -0.2) is 13.6 Å². The van der Waals surface area contributed by atoms with E-state index in [1.807, 2.05) is 36.4 Å². The smallest absolute Gasteiger partial charge is 0.410 e. The Morgan fingerprint density at radius 3 is 2.49 bits per heavy atom. The highest BCUT2D eigenvalue weighted by Crippen LogP contribution is 2.54. The zero-order valence-electron chi connectivity index (χ0n) is 18.4. The van der Waals surface area contributed by atoms with Crippen LogP contribution in [-0.4, -0.2) is 24.1 Å². The van der Waals surface area contributed by atoms with Crippen molar-refractivity contribution in [3.8, 4) is 18.2 Å². The maximum atomic E-state index is 15.0. The van der Waals surface area contributed by atoms with Crippen molar-refractivity contribution in [1.29, 1.82) is 15.8 Å². The van der Waals surface area contributed by atoms with Crippen molar-refractivity contribution < 1.29 is 18.3 Å². The molecule has 174 valence electrons. The zero-order chi connectivity index (χ0) is 25.2. The van der Waals surface area contributed by atoms with Gasteiger partial charge in [-0.05, 0) is 22.8 Å². The summed E-state index contributed by atoms with van der Waals surface area (Å²) in [6.07, 6.45) is 0.944. The molecule has 1 aliphatic carbocycles. The quantitative estimate of drug-likeness (QED) is 0.720. The van der Waals surface area contributed by atoms with Crippen molar-refractivity contribution in [3.05, 3.63) is 94.2 Å². The van der Waals surface area contributed by atoms with Crippen LogP contribution in [0.1, 0.15) is 17.0 Å². The molecule has 2 atom stereocenters. The van der Waals surface area contributed by atoms with Gasteiger partial charge in [0.25, 0.3) is 0 Å². The Bertz CT molecular complexity index is 1350. The number of carbonyl (C=O) groups excluding carboxylic acids is 1. The van der Waals surface area contributed by atoms with Crippen LogP contribution in [0, 0.1) is 57.0 Å². The van der Waals surface area contributed by atoms with E-state index in [4.69, 9.17) is 10.5 Å². The van der Waals surface area contributed by atoms with Crippen LogP contribution in [0.2, 0.25) is 0 Å². The number of nitrogens with two attached hydrogens (primary N) is 1. The minimum Gasteiger partial charge on any atom is -0.445 e. The topological polar surface area (TPSA) is 127 Å². The Morgan fingerprint density at radius 1 is 1.14 bits per heavy atom. The number of amides is 1. The van der Waals surface area contributed by atoms with Crippen LogP contribution >= 0.6 is 0 Å². The van der Waals surface area contributed by atoms with Gasteiger partial charge in [-0.1, -0.05) is 42.5 Å². The van der Waals surface area contributed by atoms with Gasteiger partial charge in [0.15, 0.2) is 5.41 Å². The van der Waals surface area contributed by atoms with Gasteiger partial charge in [-0.2, -0.15) is 15.8 Å². The predicted octanol–water partition coefficient (Wildman–Crippen LogP) is 4.03. The van der Waals surface area contributed by atoms with Crippen molar-refractivity contribution in [3.63, 3.8) is 0 Å². The summed E-state index contributed by atoms with van der Waals surface area (Å²) in [6.45, 7) is 0.0528. The van der Waals surface area contributed by atoms with E-state index in [2.05, 4.69) is 0 Å². The highest BCUT2D eigenvalue weighted by atomic mass is 19.1. The number of nitriles is 3. The Hall–Kier alpha value is -4.68. The Kier molecular flexibility index (Phi) is 6.23. The number of allylic oxidation sites excluding steroid dienone is 2. The van der Waals surface area contributed by atoms with E-state index in [1.165, 1.54) is 4.90 Å². The molecule has 4 rings (SSSR count). The second-order valence-electron chi connectivity index (χ2n) is 8.29. The number of hydrogen-bond acceptors (Lipinski definition) is 6. The number of benzene rings is 2. The molecular formula is C26H19F2N5O2.